The summed E-state index contributed by atoms with van der Waals surface area (Å²) in [5.41, 5.74) is 0.673. The average molecular weight is 385 g/mol. The standard InChI is InChI=1S/C20H19NO5S/c1-4-11-26-14-9-7-13(8-10-14)12-15-18(23)17(20(24)25-6-3)19(27-15)21-16(22)5-2/h1,7-10,12,23H,5-6,11H2,2-3H3/b15-12-,21-19?. The summed E-state index contributed by atoms with van der Waals surface area (Å²) in [6.45, 7) is 3.65. The topological polar surface area (TPSA) is 85.2 Å². The molecule has 2 rings (SSSR count). The first-order valence-electron chi connectivity index (χ1n) is 8.28. The van der Waals surface area contributed by atoms with E-state index in [1.54, 1.807) is 44.2 Å². The molecule has 1 heterocycles. The van der Waals surface area contributed by atoms with Gasteiger partial charge in [0.05, 0.1) is 11.5 Å². The van der Waals surface area contributed by atoms with E-state index in [9.17, 15) is 14.7 Å². The lowest BCUT2D eigenvalue weighted by Gasteiger charge is -2.03. The van der Waals surface area contributed by atoms with Crippen molar-refractivity contribution < 1.29 is 24.2 Å². The summed E-state index contributed by atoms with van der Waals surface area (Å²) in [6.07, 6.45) is 7.03. The van der Waals surface area contributed by atoms with Crippen LogP contribution in [-0.4, -0.2) is 35.2 Å². The molecule has 1 aromatic carbocycles. The minimum absolute atomic E-state index is 0.0936. The van der Waals surface area contributed by atoms with Crippen LogP contribution in [0.3, 0.4) is 0 Å². The average Bonchev–Trinajstić information content (AvgIpc) is 2.96. The lowest BCUT2D eigenvalue weighted by Crippen LogP contribution is -2.14. The highest BCUT2D eigenvalue weighted by molar-refractivity contribution is 8.18. The molecule has 1 aliphatic heterocycles. The van der Waals surface area contributed by atoms with Crippen LogP contribution in [0.4, 0.5) is 0 Å². The first-order chi connectivity index (χ1) is 13.0. The summed E-state index contributed by atoms with van der Waals surface area (Å²) < 4.78 is 10.3. The summed E-state index contributed by atoms with van der Waals surface area (Å²) in [7, 11) is 0. The fourth-order valence-electron chi connectivity index (χ4n) is 2.12. The van der Waals surface area contributed by atoms with E-state index in [1.807, 2.05) is 0 Å². The number of carbonyl (C=O) groups excluding carboxylic acids is 2. The number of thioether (sulfide) groups is 1. The molecule has 0 unspecified atom stereocenters. The number of hydrogen-bond donors (Lipinski definition) is 1. The molecule has 0 spiro atoms. The smallest absolute Gasteiger partial charge is 0.344 e. The van der Waals surface area contributed by atoms with Gasteiger partial charge in [-0.2, -0.15) is 0 Å². The van der Waals surface area contributed by atoms with Crippen molar-refractivity contribution >= 4 is 34.8 Å². The van der Waals surface area contributed by atoms with Crippen LogP contribution in [0, 0.1) is 12.3 Å². The van der Waals surface area contributed by atoms with E-state index >= 15 is 0 Å². The second kappa shape index (κ2) is 9.64. The maximum Gasteiger partial charge on any atom is 0.344 e. The first kappa shape index (κ1) is 20.3. The number of esters is 1. The molecule has 1 amide bonds. The number of aliphatic imine (C=N–C) groups is 1. The van der Waals surface area contributed by atoms with Crippen molar-refractivity contribution in [3.05, 3.63) is 46.1 Å². The molecule has 0 fully saturated rings. The Morgan fingerprint density at radius 1 is 1.30 bits per heavy atom. The van der Waals surface area contributed by atoms with Gasteiger partial charge < -0.3 is 14.6 Å². The van der Waals surface area contributed by atoms with Gasteiger partial charge in [0, 0.05) is 6.42 Å². The van der Waals surface area contributed by atoms with Crippen molar-refractivity contribution in [3.8, 4) is 18.1 Å². The summed E-state index contributed by atoms with van der Waals surface area (Å²) in [4.78, 5) is 28.2. The highest BCUT2D eigenvalue weighted by Gasteiger charge is 2.33. The molecular weight excluding hydrogens is 366 g/mol. The number of terminal acetylenes is 1. The van der Waals surface area contributed by atoms with E-state index < -0.39 is 5.97 Å². The van der Waals surface area contributed by atoms with Crippen molar-refractivity contribution in [1.82, 2.24) is 0 Å². The number of rotatable bonds is 6. The first-order valence-corrected chi connectivity index (χ1v) is 9.10. The number of aliphatic hydroxyl groups excluding tert-OH is 1. The van der Waals surface area contributed by atoms with Crippen LogP contribution >= 0.6 is 11.8 Å². The summed E-state index contributed by atoms with van der Waals surface area (Å²) in [5.74, 6) is 1.65. The van der Waals surface area contributed by atoms with Crippen molar-refractivity contribution in [2.45, 2.75) is 20.3 Å². The Kier molecular flexibility index (Phi) is 7.26. The van der Waals surface area contributed by atoms with Gasteiger partial charge >= 0.3 is 5.97 Å². The maximum absolute atomic E-state index is 12.2. The molecule has 1 aliphatic rings. The van der Waals surface area contributed by atoms with Crippen molar-refractivity contribution in [3.63, 3.8) is 0 Å². The van der Waals surface area contributed by atoms with Gasteiger partial charge in [-0.3, -0.25) is 4.79 Å². The summed E-state index contributed by atoms with van der Waals surface area (Å²) in [5, 5.41) is 10.6. The van der Waals surface area contributed by atoms with Crippen molar-refractivity contribution in [2.24, 2.45) is 4.99 Å². The number of nitrogens with zero attached hydrogens (tertiary/aromatic N) is 1. The third-order valence-electron chi connectivity index (χ3n) is 3.40. The highest BCUT2D eigenvalue weighted by atomic mass is 32.2. The fraction of sp³-hybridized carbons (Fsp3) is 0.250. The molecule has 0 aromatic heterocycles. The number of amides is 1. The third kappa shape index (κ3) is 5.25. The Morgan fingerprint density at radius 3 is 2.59 bits per heavy atom. The van der Waals surface area contributed by atoms with Gasteiger partial charge in [0.25, 0.3) is 0 Å². The van der Waals surface area contributed by atoms with Crippen molar-refractivity contribution in [2.75, 3.05) is 13.2 Å². The zero-order chi connectivity index (χ0) is 19.8. The predicted octanol–water partition coefficient (Wildman–Crippen LogP) is 3.50. The minimum Gasteiger partial charge on any atom is -0.506 e. The minimum atomic E-state index is -0.716. The quantitative estimate of drug-likeness (QED) is 0.596. The molecule has 140 valence electrons. The van der Waals surface area contributed by atoms with Crippen LogP contribution in [0.25, 0.3) is 6.08 Å². The van der Waals surface area contributed by atoms with Crippen LogP contribution in [0.1, 0.15) is 25.8 Å². The summed E-state index contributed by atoms with van der Waals surface area (Å²) >= 11 is 1.05. The van der Waals surface area contributed by atoms with E-state index in [2.05, 4.69) is 10.9 Å². The molecule has 1 aromatic rings. The maximum atomic E-state index is 12.2. The van der Waals surface area contributed by atoms with Crippen LogP contribution in [0.15, 0.2) is 45.5 Å². The van der Waals surface area contributed by atoms with E-state index in [-0.39, 0.29) is 41.9 Å². The predicted molar refractivity (Wildman–Crippen MR) is 105 cm³/mol. The number of ether oxygens (including phenoxy) is 2. The molecule has 27 heavy (non-hydrogen) atoms. The van der Waals surface area contributed by atoms with Gasteiger partial charge in [0.15, 0.2) is 0 Å². The lowest BCUT2D eigenvalue weighted by atomic mass is 10.1. The fourth-order valence-corrected chi connectivity index (χ4v) is 3.15. The Labute approximate surface area is 162 Å². The third-order valence-corrected chi connectivity index (χ3v) is 4.42. The molecule has 0 bridgehead atoms. The lowest BCUT2D eigenvalue weighted by molar-refractivity contribution is -0.138. The highest BCUT2D eigenvalue weighted by Crippen LogP contribution is 2.39. The molecule has 6 nitrogen and oxygen atoms in total. The van der Waals surface area contributed by atoms with Gasteiger partial charge in [-0.15, -0.1) is 6.42 Å². The van der Waals surface area contributed by atoms with E-state index in [0.29, 0.717) is 10.7 Å². The second-order valence-corrected chi connectivity index (χ2v) is 6.31. The molecule has 0 radical (unpaired) electrons. The summed E-state index contributed by atoms with van der Waals surface area (Å²) in [6, 6.07) is 7.05. The zero-order valence-electron chi connectivity index (χ0n) is 15.0. The number of carbonyl (C=O) groups is 2. The molecule has 1 N–H and O–H groups in total. The normalized spacial score (nSPS) is 16.5. The van der Waals surface area contributed by atoms with E-state index in [1.165, 1.54) is 0 Å². The Bertz CT molecular complexity index is 859. The largest absolute Gasteiger partial charge is 0.506 e. The Balaban J connectivity index is 2.35. The van der Waals surface area contributed by atoms with Crippen LogP contribution < -0.4 is 4.74 Å². The van der Waals surface area contributed by atoms with Gasteiger partial charge in [-0.05, 0) is 30.7 Å². The van der Waals surface area contributed by atoms with E-state index in [4.69, 9.17) is 15.9 Å². The Morgan fingerprint density at radius 2 is 2.00 bits per heavy atom. The SMILES string of the molecule is C#CCOc1ccc(/C=C2\SC(=NC(=O)CC)C(C(=O)OCC)=C2O)cc1. The van der Waals surface area contributed by atoms with Gasteiger partial charge in [0.2, 0.25) is 5.91 Å². The van der Waals surface area contributed by atoms with Crippen LogP contribution in [-0.2, 0) is 14.3 Å². The Hall–Kier alpha value is -2.98. The van der Waals surface area contributed by atoms with Crippen LogP contribution in [0.2, 0.25) is 0 Å². The second-order valence-electron chi connectivity index (χ2n) is 5.28. The van der Waals surface area contributed by atoms with Gasteiger partial charge in [-0.25, -0.2) is 9.79 Å². The monoisotopic (exact) mass is 385 g/mol. The molecule has 0 saturated heterocycles. The van der Waals surface area contributed by atoms with Crippen molar-refractivity contribution in [1.29, 1.82) is 0 Å². The zero-order valence-corrected chi connectivity index (χ0v) is 15.8. The van der Waals surface area contributed by atoms with Gasteiger partial charge in [0.1, 0.15) is 28.7 Å². The van der Waals surface area contributed by atoms with E-state index in [0.717, 1.165) is 17.3 Å². The molecule has 0 atom stereocenters. The molecule has 7 heteroatoms. The number of benzene rings is 1. The molecule has 0 aliphatic carbocycles. The molecular formula is C20H19NO5S. The van der Waals surface area contributed by atoms with Gasteiger partial charge in [-0.1, -0.05) is 36.7 Å². The molecule has 0 saturated carbocycles. The number of hydrogen-bond acceptors (Lipinski definition) is 6. The van der Waals surface area contributed by atoms with Crippen LogP contribution in [0.5, 0.6) is 5.75 Å². The number of aliphatic hydroxyl groups is 1.